The van der Waals surface area contributed by atoms with Crippen LogP contribution in [0.15, 0.2) is 57.9 Å². The molecule has 6 rings (SSSR count). The standard InChI is InChI=1S/C23H18F3N5O3/c24-23(25,26)13-4-1-3-12(9-13)16-5-6-17(34-16)20-29-21(27)30-22-28-14-10-18-19(11-15(14)31(20)22)33-8-2-7-32-18/h1,3-6,9-11,20H,2,7-8H2,(H3,27,28,29,30). The van der Waals surface area contributed by atoms with Gasteiger partial charge in [0.2, 0.25) is 5.95 Å². The fourth-order valence-electron chi connectivity index (χ4n) is 4.11. The molecule has 11 heteroatoms. The Balaban J connectivity index is 1.43. The molecule has 4 heterocycles. The van der Waals surface area contributed by atoms with Crippen LogP contribution in [0.5, 0.6) is 11.5 Å². The van der Waals surface area contributed by atoms with E-state index >= 15 is 0 Å². The lowest BCUT2D eigenvalue weighted by Gasteiger charge is -2.22. The molecule has 4 aromatic rings. The number of halogens is 3. The molecular weight excluding hydrogens is 451 g/mol. The zero-order chi connectivity index (χ0) is 23.4. The molecule has 0 fully saturated rings. The molecule has 2 aliphatic rings. The minimum absolute atomic E-state index is 0.138. The molecule has 3 N–H and O–H groups in total. The predicted octanol–water partition coefficient (Wildman–Crippen LogP) is 4.76. The Labute approximate surface area is 190 Å². The number of imidazole rings is 1. The van der Waals surface area contributed by atoms with Gasteiger partial charge < -0.3 is 19.6 Å². The number of hydrogen-bond donors (Lipinski definition) is 2. The highest BCUT2D eigenvalue weighted by molar-refractivity contribution is 5.95. The third-order valence-corrected chi connectivity index (χ3v) is 5.66. The molecule has 174 valence electrons. The van der Waals surface area contributed by atoms with E-state index in [4.69, 9.17) is 19.6 Å². The fraction of sp³-hybridized carbons (Fsp3) is 0.217. The zero-order valence-corrected chi connectivity index (χ0v) is 17.6. The molecule has 0 aliphatic carbocycles. The van der Waals surface area contributed by atoms with Gasteiger partial charge in [0.15, 0.2) is 23.6 Å². The number of rotatable bonds is 2. The van der Waals surface area contributed by atoms with Crippen LogP contribution in [0.1, 0.15) is 23.9 Å². The van der Waals surface area contributed by atoms with Gasteiger partial charge in [-0.25, -0.2) is 9.98 Å². The van der Waals surface area contributed by atoms with Gasteiger partial charge >= 0.3 is 6.18 Å². The molecule has 8 nitrogen and oxygen atoms in total. The van der Waals surface area contributed by atoms with Crippen LogP contribution in [0, 0.1) is 0 Å². The first-order valence-corrected chi connectivity index (χ1v) is 10.6. The number of ether oxygens (including phenoxy) is 2. The number of guanidine groups is 1. The van der Waals surface area contributed by atoms with Crippen molar-refractivity contribution in [3.8, 4) is 22.8 Å². The summed E-state index contributed by atoms with van der Waals surface area (Å²) in [6.07, 6.45) is -4.40. The summed E-state index contributed by atoms with van der Waals surface area (Å²) >= 11 is 0. The molecule has 0 bridgehead atoms. The van der Waals surface area contributed by atoms with E-state index in [1.807, 2.05) is 6.07 Å². The van der Waals surface area contributed by atoms with Crippen LogP contribution in [-0.2, 0) is 6.18 Å². The van der Waals surface area contributed by atoms with Crippen LogP contribution >= 0.6 is 0 Å². The van der Waals surface area contributed by atoms with Crippen LogP contribution in [0.4, 0.5) is 19.1 Å². The summed E-state index contributed by atoms with van der Waals surface area (Å²) < 4.78 is 58.8. The smallest absolute Gasteiger partial charge is 0.416 e. The Morgan fingerprint density at radius 3 is 2.62 bits per heavy atom. The lowest BCUT2D eigenvalue weighted by molar-refractivity contribution is -0.137. The highest BCUT2D eigenvalue weighted by atomic mass is 19.4. The van der Waals surface area contributed by atoms with Crippen molar-refractivity contribution in [3.05, 3.63) is 59.9 Å². The molecule has 2 aromatic carbocycles. The predicted molar refractivity (Wildman–Crippen MR) is 118 cm³/mol. The molecule has 34 heavy (non-hydrogen) atoms. The molecular formula is C23H18F3N5O3. The van der Waals surface area contributed by atoms with Crippen LogP contribution in [0.3, 0.4) is 0 Å². The lowest BCUT2D eigenvalue weighted by atomic mass is 10.1. The topological polar surface area (TPSA) is 99.8 Å². The highest BCUT2D eigenvalue weighted by Crippen LogP contribution is 2.40. The zero-order valence-electron chi connectivity index (χ0n) is 17.6. The Hall–Kier alpha value is -4.15. The van der Waals surface area contributed by atoms with Crippen molar-refractivity contribution >= 4 is 22.9 Å². The Morgan fingerprint density at radius 1 is 1.03 bits per heavy atom. The number of nitrogens with zero attached hydrogens (tertiary/aromatic N) is 3. The van der Waals surface area contributed by atoms with Gasteiger partial charge in [0.05, 0.1) is 29.8 Å². The van der Waals surface area contributed by atoms with E-state index in [2.05, 4.69) is 15.3 Å². The number of furan rings is 1. The van der Waals surface area contributed by atoms with Gasteiger partial charge in [-0.05, 0) is 24.3 Å². The van der Waals surface area contributed by atoms with Crippen LogP contribution < -0.4 is 20.5 Å². The van der Waals surface area contributed by atoms with E-state index < -0.39 is 17.9 Å². The SMILES string of the molecule is NC1=NC(c2ccc(-c3cccc(C(F)(F)F)c3)o2)n2c(nc3cc4c(cc32)OCCCO4)N1. The number of nitrogens with two attached hydrogens (primary N) is 1. The Bertz CT molecular complexity index is 1440. The van der Waals surface area contributed by atoms with E-state index in [1.54, 1.807) is 28.8 Å². The number of fused-ring (bicyclic) bond motifs is 4. The number of aromatic nitrogens is 2. The van der Waals surface area contributed by atoms with Gasteiger partial charge in [-0.15, -0.1) is 0 Å². The monoisotopic (exact) mass is 469 g/mol. The van der Waals surface area contributed by atoms with Gasteiger partial charge in [0.1, 0.15) is 11.5 Å². The van der Waals surface area contributed by atoms with E-state index in [-0.39, 0.29) is 11.7 Å². The quantitative estimate of drug-likeness (QED) is 0.439. The van der Waals surface area contributed by atoms with Gasteiger partial charge in [0.25, 0.3) is 0 Å². The number of anilines is 1. The summed E-state index contributed by atoms with van der Waals surface area (Å²) in [6.45, 7) is 1.08. The first-order valence-electron chi connectivity index (χ1n) is 10.6. The molecule has 0 amide bonds. The second-order valence-electron chi connectivity index (χ2n) is 7.94. The number of nitrogens with one attached hydrogen (secondary N) is 1. The molecule has 2 aromatic heterocycles. The molecule has 0 saturated carbocycles. The Morgan fingerprint density at radius 2 is 1.82 bits per heavy atom. The second-order valence-corrected chi connectivity index (χ2v) is 7.94. The second kappa shape index (κ2) is 7.44. The van der Waals surface area contributed by atoms with Crippen molar-refractivity contribution in [1.82, 2.24) is 9.55 Å². The minimum atomic E-state index is -4.45. The van der Waals surface area contributed by atoms with Crippen molar-refractivity contribution < 1.29 is 27.1 Å². The number of benzene rings is 2. The highest BCUT2D eigenvalue weighted by Gasteiger charge is 2.32. The van der Waals surface area contributed by atoms with Gasteiger partial charge in [-0.3, -0.25) is 9.88 Å². The van der Waals surface area contributed by atoms with E-state index in [1.165, 1.54) is 6.07 Å². The number of alkyl halides is 3. The first kappa shape index (κ1) is 20.5. The largest absolute Gasteiger partial charge is 0.489 e. The molecule has 1 atom stereocenters. The summed E-state index contributed by atoms with van der Waals surface area (Å²) in [5.41, 5.74) is 6.91. The summed E-state index contributed by atoms with van der Waals surface area (Å²) in [5.74, 6) is 2.46. The van der Waals surface area contributed by atoms with Crippen LogP contribution in [0.2, 0.25) is 0 Å². The van der Waals surface area contributed by atoms with Gasteiger partial charge in [-0.2, -0.15) is 13.2 Å². The van der Waals surface area contributed by atoms with Gasteiger partial charge in [0, 0.05) is 24.1 Å². The minimum Gasteiger partial charge on any atom is -0.489 e. The third-order valence-electron chi connectivity index (χ3n) is 5.66. The van der Waals surface area contributed by atoms with Crippen molar-refractivity contribution in [2.75, 3.05) is 18.5 Å². The summed E-state index contributed by atoms with van der Waals surface area (Å²) in [7, 11) is 0. The average Bonchev–Trinajstić information content (AvgIpc) is 3.35. The molecule has 0 saturated heterocycles. The van der Waals surface area contributed by atoms with E-state index in [9.17, 15) is 13.2 Å². The summed E-state index contributed by atoms with van der Waals surface area (Å²) in [5, 5.41) is 2.95. The maximum atomic E-state index is 13.1. The van der Waals surface area contributed by atoms with Crippen LogP contribution in [0.25, 0.3) is 22.4 Å². The van der Waals surface area contributed by atoms with Gasteiger partial charge in [-0.1, -0.05) is 12.1 Å². The fourth-order valence-corrected chi connectivity index (χ4v) is 4.11. The Kier molecular flexibility index (Phi) is 4.48. The first-order chi connectivity index (χ1) is 16.4. The maximum absolute atomic E-state index is 13.1. The van der Waals surface area contributed by atoms with Crippen molar-refractivity contribution in [2.45, 2.75) is 18.8 Å². The van der Waals surface area contributed by atoms with Crippen molar-refractivity contribution in [1.29, 1.82) is 0 Å². The average molecular weight is 469 g/mol. The van der Waals surface area contributed by atoms with E-state index in [0.29, 0.717) is 53.0 Å². The normalized spacial score (nSPS) is 17.6. The summed E-state index contributed by atoms with van der Waals surface area (Å²) in [4.78, 5) is 9.08. The maximum Gasteiger partial charge on any atom is 0.416 e. The molecule has 1 unspecified atom stereocenters. The van der Waals surface area contributed by atoms with E-state index in [0.717, 1.165) is 18.6 Å². The molecule has 0 radical (unpaired) electrons. The van der Waals surface area contributed by atoms with Crippen LogP contribution in [-0.4, -0.2) is 28.7 Å². The molecule has 0 spiro atoms. The summed E-state index contributed by atoms with van der Waals surface area (Å²) in [6, 6.07) is 11.9. The lowest BCUT2D eigenvalue weighted by Crippen LogP contribution is -2.31. The van der Waals surface area contributed by atoms with Crippen molar-refractivity contribution in [2.24, 2.45) is 10.7 Å². The number of hydrogen-bond acceptors (Lipinski definition) is 7. The third kappa shape index (κ3) is 3.40. The van der Waals surface area contributed by atoms with Crippen molar-refractivity contribution in [3.63, 3.8) is 0 Å². The number of aliphatic imine (C=N–C) groups is 1. The molecule has 2 aliphatic heterocycles.